The van der Waals surface area contributed by atoms with Gasteiger partial charge in [0.15, 0.2) is 0 Å². The van der Waals surface area contributed by atoms with Crippen molar-refractivity contribution in [3.63, 3.8) is 0 Å². The Morgan fingerprint density at radius 2 is 1.95 bits per heavy atom. The first-order chi connectivity index (χ1) is 9.27. The molecule has 0 aromatic heterocycles. The summed E-state index contributed by atoms with van der Waals surface area (Å²) in [6.45, 7) is 11.3. The van der Waals surface area contributed by atoms with Crippen molar-refractivity contribution in [3.8, 4) is 0 Å². The minimum absolute atomic E-state index is 0.178. The van der Waals surface area contributed by atoms with E-state index in [1.807, 2.05) is 0 Å². The monoisotopic (exact) mass is 284 g/mol. The molecule has 3 nitrogen and oxygen atoms in total. The Morgan fingerprint density at radius 3 is 2.45 bits per heavy atom. The highest BCUT2D eigenvalue weighted by Crippen LogP contribution is 2.29. The van der Waals surface area contributed by atoms with Crippen molar-refractivity contribution < 1.29 is 5.11 Å². The van der Waals surface area contributed by atoms with Crippen LogP contribution >= 0.6 is 0 Å². The molecule has 0 aromatic carbocycles. The van der Waals surface area contributed by atoms with Gasteiger partial charge in [0.05, 0.1) is 6.61 Å². The molecule has 0 bridgehead atoms. The van der Waals surface area contributed by atoms with Gasteiger partial charge in [-0.25, -0.2) is 0 Å². The molecule has 0 aromatic rings. The maximum atomic E-state index is 9.74. The Balaban J connectivity index is 2.56. The number of nitrogens with zero attached hydrogens (tertiary/aromatic N) is 1. The number of hydrogen-bond acceptors (Lipinski definition) is 3. The molecular formula is C17H36N2O. The maximum Gasteiger partial charge on any atom is 0.0611 e. The van der Waals surface area contributed by atoms with Crippen LogP contribution in [0.25, 0.3) is 0 Å². The number of nitrogens with one attached hydrogen (secondary N) is 1. The van der Waals surface area contributed by atoms with E-state index in [0.29, 0.717) is 12.1 Å². The highest BCUT2D eigenvalue weighted by molar-refractivity contribution is 4.90. The van der Waals surface area contributed by atoms with Gasteiger partial charge >= 0.3 is 0 Å². The molecule has 1 aliphatic carbocycles. The van der Waals surface area contributed by atoms with E-state index in [0.717, 1.165) is 18.4 Å². The van der Waals surface area contributed by atoms with Gasteiger partial charge in [-0.15, -0.1) is 0 Å². The van der Waals surface area contributed by atoms with Crippen LogP contribution in [-0.4, -0.2) is 47.3 Å². The molecule has 1 rings (SSSR count). The molecule has 120 valence electrons. The van der Waals surface area contributed by atoms with E-state index in [1.165, 1.54) is 25.7 Å². The van der Waals surface area contributed by atoms with Crippen molar-refractivity contribution in [3.05, 3.63) is 0 Å². The molecule has 3 heteroatoms. The van der Waals surface area contributed by atoms with Crippen LogP contribution in [0, 0.1) is 5.92 Å². The highest BCUT2D eigenvalue weighted by atomic mass is 16.3. The molecular weight excluding hydrogens is 248 g/mol. The Morgan fingerprint density at radius 1 is 1.30 bits per heavy atom. The second-order valence-corrected chi connectivity index (χ2v) is 7.66. The predicted molar refractivity (Wildman–Crippen MR) is 87.0 cm³/mol. The number of aliphatic hydroxyl groups excluding tert-OH is 1. The molecule has 1 aliphatic rings. The van der Waals surface area contributed by atoms with Crippen LogP contribution < -0.4 is 5.32 Å². The van der Waals surface area contributed by atoms with Crippen molar-refractivity contribution in [2.24, 2.45) is 5.92 Å². The third-order valence-electron chi connectivity index (χ3n) is 4.91. The fourth-order valence-electron chi connectivity index (χ4n) is 3.79. The molecule has 0 amide bonds. The zero-order chi connectivity index (χ0) is 15.3. The van der Waals surface area contributed by atoms with Crippen LogP contribution in [0.15, 0.2) is 0 Å². The van der Waals surface area contributed by atoms with Gasteiger partial charge in [-0.3, -0.25) is 0 Å². The standard InChI is InChI=1S/C17H36N2O/c1-13(2)18-17(5,12-20)11-15(4)19(6)16-9-7-8-14(3)10-16/h13-16,18,20H,7-12H2,1-6H3. The van der Waals surface area contributed by atoms with Gasteiger partial charge in [0, 0.05) is 23.7 Å². The first-order valence-electron chi connectivity index (χ1n) is 8.38. The summed E-state index contributed by atoms with van der Waals surface area (Å²) in [5.74, 6) is 0.862. The van der Waals surface area contributed by atoms with Gasteiger partial charge in [-0.1, -0.05) is 33.6 Å². The number of hydrogen-bond donors (Lipinski definition) is 2. The minimum Gasteiger partial charge on any atom is -0.394 e. The Hall–Kier alpha value is -0.120. The smallest absolute Gasteiger partial charge is 0.0611 e. The molecule has 0 spiro atoms. The molecule has 0 saturated heterocycles. The lowest BCUT2D eigenvalue weighted by molar-refractivity contribution is 0.0801. The summed E-state index contributed by atoms with van der Waals surface area (Å²) in [6.07, 6.45) is 6.41. The molecule has 1 saturated carbocycles. The number of aliphatic hydroxyl groups is 1. The third-order valence-corrected chi connectivity index (χ3v) is 4.91. The summed E-state index contributed by atoms with van der Waals surface area (Å²) in [5.41, 5.74) is -0.178. The second-order valence-electron chi connectivity index (χ2n) is 7.66. The van der Waals surface area contributed by atoms with Crippen molar-refractivity contribution in [2.75, 3.05) is 13.7 Å². The van der Waals surface area contributed by atoms with E-state index in [1.54, 1.807) is 0 Å². The van der Waals surface area contributed by atoms with Crippen LogP contribution in [0.1, 0.15) is 66.7 Å². The molecule has 0 heterocycles. The summed E-state index contributed by atoms with van der Waals surface area (Å²) in [6, 6.07) is 1.61. The van der Waals surface area contributed by atoms with Crippen LogP contribution in [0.4, 0.5) is 0 Å². The lowest BCUT2D eigenvalue weighted by Gasteiger charge is -2.41. The summed E-state index contributed by atoms with van der Waals surface area (Å²) in [5, 5.41) is 13.3. The minimum atomic E-state index is -0.178. The van der Waals surface area contributed by atoms with E-state index in [2.05, 4.69) is 51.9 Å². The van der Waals surface area contributed by atoms with E-state index in [-0.39, 0.29) is 12.1 Å². The summed E-state index contributed by atoms with van der Waals surface area (Å²) in [4.78, 5) is 2.55. The largest absolute Gasteiger partial charge is 0.394 e. The molecule has 2 N–H and O–H groups in total. The predicted octanol–water partition coefficient (Wildman–Crippen LogP) is 3.02. The fourth-order valence-corrected chi connectivity index (χ4v) is 3.79. The van der Waals surface area contributed by atoms with Crippen molar-refractivity contribution in [1.29, 1.82) is 0 Å². The third kappa shape index (κ3) is 5.34. The Kier molecular flexibility index (Phi) is 6.96. The normalized spacial score (nSPS) is 28.6. The van der Waals surface area contributed by atoms with Crippen LogP contribution in [0.2, 0.25) is 0 Å². The highest BCUT2D eigenvalue weighted by Gasteiger charge is 2.31. The summed E-state index contributed by atoms with van der Waals surface area (Å²) >= 11 is 0. The van der Waals surface area contributed by atoms with Crippen molar-refractivity contribution >= 4 is 0 Å². The van der Waals surface area contributed by atoms with Gasteiger partial charge < -0.3 is 15.3 Å². The van der Waals surface area contributed by atoms with Gasteiger partial charge in [-0.2, -0.15) is 0 Å². The van der Waals surface area contributed by atoms with E-state index < -0.39 is 0 Å². The molecule has 4 unspecified atom stereocenters. The summed E-state index contributed by atoms with van der Waals surface area (Å²) < 4.78 is 0. The van der Waals surface area contributed by atoms with Gasteiger partial charge in [0.25, 0.3) is 0 Å². The topological polar surface area (TPSA) is 35.5 Å². The first-order valence-corrected chi connectivity index (χ1v) is 8.38. The second kappa shape index (κ2) is 7.77. The van der Waals surface area contributed by atoms with Crippen LogP contribution in [-0.2, 0) is 0 Å². The van der Waals surface area contributed by atoms with E-state index in [9.17, 15) is 5.11 Å². The zero-order valence-electron chi connectivity index (χ0n) is 14.4. The average molecular weight is 284 g/mol. The van der Waals surface area contributed by atoms with E-state index >= 15 is 0 Å². The molecule has 20 heavy (non-hydrogen) atoms. The Labute approximate surface area is 126 Å². The molecule has 0 aliphatic heterocycles. The average Bonchev–Trinajstić information content (AvgIpc) is 2.36. The van der Waals surface area contributed by atoms with Gasteiger partial charge in [0.1, 0.15) is 0 Å². The van der Waals surface area contributed by atoms with Gasteiger partial charge in [0.2, 0.25) is 0 Å². The lowest BCUT2D eigenvalue weighted by Crippen LogP contribution is -2.53. The van der Waals surface area contributed by atoms with Crippen molar-refractivity contribution in [1.82, 2.24) is 10.2 Å². The number of rotatable bonds is 7. The van der Waals surface area contributed by atoms with Crippen LogP contribution in [0.3, 0.4) is 0 Å². The molecule has 1 fully saturated rings. The molecule has 4 atom stereocenters. The van der Waals surface area contributed by atoms with Crippen LogP contribution in [0.5, 0.6) is 0 Å². The molecule has 0 radical (unpaired) electrons. The zero-order valence-corrected chi connectivity index (χ0v) is 14.4. The fraction of sp³-hybridized carbons (Fsp3) is 1.00. The lowest BCUT2D eigenvalue weighted by atomic mass is 9.85. The first kappa shape index (κ1) is 17.9. The van der Waals surface area contributed by atoms with E-state index in [4.69, 9.17) is 0 Å². The Bertz CT molecular complexity index is 282. The SMILES string of the molecule is CC1CCCC(N(C)C(C)CC(C)(CO)NC(C)C)C1. The summed E-state index contributed by atoms with van der Waals surface area (Å²) in [7, 11) is 2.26. The maximum absolute atomic E-state index is 9.74. The van der Waals surface area contributed by atoms with Crippen molar-refractivity contribution in [2.45, 2.75) is 90.4 Å². The van der Waals surface area contributed by atoms with Gasteiger partial charge in [-0.05, 0) is 46.1 Å². The quantitative estimate of drug-likeness (QED) is 0.754.